The van der Waals surface area contributed by atoms with Gasteiger partial charge in [0, 0.05) is 11.1 Å². The second-order valence-corrected chi connectivity index (χ2v) is 5.01. The molecule has 0 heterocycles. The maximum absolute atomic E-state index is 6.04. The van der Waals surface area contributed by atoms with Gasteiger partial charge in [0.25, 0.3) is 0 Å². The minimum Gasteiger partial charge on any atom is -0.324 e. The molecule has 2 aromatic rings. The number of halogens is 1. The van der Waals surface area contributed by atoms with E-state index >= 15 is 0 Å². The first kappa shape index (κ1) is 10.8. The number of rotatable bonds is 1. The normalized spacial score (nSPS) is 18.1. The highest BCUT2D eigenvalue weighted by Gasteiger charge is 2.18. The zero-order valence-corrected chi connectivity index (χ0v) is 10.2. The Balaban J connectivity index is 2.06. The smallest absolute Gasteiger partial charge is 0.0412 e. The van der Waals surface area contributed by atoms with Crippen molar-refractivity contribution in [2.75, 3.05) is 0 Å². The predicted octanol–water partition coefficient (Wildman–Crippen LogP) is 3.95. The molecule has 1 aliphatic rings. The molecule has 2 N–H and O–H groups in total. The first-order valence-electron chi connectivity index (χ1n) is 5.88. The standard InChI is InChI=1S/C15H14ClN/c16-13-3-1-2-10(9-13)11-4-6-14-12(8-11)5-7-15(14)17/h1-4,6,8-9,15H,5,7,17H2. The van der Waals surface area contributed by atoms with Crippen LogP contribution in [0.2, 0.25) is 5.02 Å². The number of hydrogen-bond acceptors (Lipinski definition) is 1. The Morgan fingerprint density at radius 3 is 2.71 bits per heavy atom. The summed E-state index contributed by atoms with van der Waals surface area (Å²) >= 11 is 6.02. The maximum Gasteiger partial charge on any atom is 0.0412 e. The van der Waals surface area contributed by atoms with Crippen molar-refractivity contribution >= 4 is 11.6 Å². The van der Waals surface area contributed by atoms with Crippen LogP contribution in [0.15, 0.2) is 42.5 Å². The highest BCUT2D eigenvalue weighted by molar-refractivity contribution is 6.30. The topological polar surface area (TPSA) is 26.0 Å². The van der Waals surface area contributed by atoms with Gasteiger partial charge < -0.3 is 5.73 Å². The molecular weight excluding hydrogens is 230 g/mol. The molecule has 0 aliphatic heterocycles. The lowest BCUT2D eigenvalue weighted by Gasteiger charge is -2.07. The van der Waals surface area contributed by atoms with Gasteiger partial charge in [-0.3, -0.25) is 0 Å². The van der Waals surface area contributed by atoms with Crippen LogP contribution in [0.25, 0.3) is 11.1 Å². The Labute approximate surface area is 106 Å². The first-order chi connectivity index (χ1) is 8.24. The van der Waals surface area contributed by atoms with Gasteiger partial charge in [0.05, 0.1) is 0 Å². The van der Waals surface area contributed by atoms with Gasteiger partial charge in [0.2, 0.25) is 0 Å². The average molecular weight is 244 g/mol. The molecule has 0 aromatic heterocycles. The van der Waals surface area contributed by atoms with E-state index in [1.54, 1.807) is 0 Å². The summed E-state index contributed by atoms with van der Waals surface area (Å²) in [6, 6.07) is 14.7. The first-order valence-corrected chi connectivity index (χ1v) is 6.26. The van der Waals surface area contributed by atoms with E-state index in [9.17, 15) is 0 Å². The summed E-state index contributed by atoms with van der Waals surface area (Å²) in [5.74, 6) is 0. The molecule has 0 amide bonds. The van der Waals surface area contributed by atoms with E-state index in [2.05, 4.69) is 24.3 Å². The average Bonchev–Trinajstić information content (AvgIpc) is 2.71. The van der Waals surface area contributed by atoms with E-state index in [1.807, 2.05) is 18.2 Å². The lowest BCUT2D eigenvalue weighted by molar-refractivity contribution is 0.713. The van der Waals surface area contributed by atoms with Crippen LogP contribution >= 0.6 is 11.6 Å². The van der Waals surface area contributed by atoms with Crippen molar-refractivity contribution in [2.24, 2.45) is 5.73 Å². The van der Waals surface area contributed by atoms with Crippen molar-refractivity contribution in [3.8, 4) is 11.1 Å². The molecule has 1 unspecified atom stereocenters. The molecule has 0 spiro atoms. The van der Waals surface area contributed by atoms with E-state index in [-0.39, 0.29) is 6.04 Å². The minimum atomic E-state index is 0.221. The van der Waals surface area contributed by atoms with Crippen molar-refractivity contribution in [1.82, 2.24) is 0 Å². The lowest BCUT2D eigenvalue weighted by atomic mass is 10.00. The summed E-state index contributed by atoms with van der Waals surface area (Å²) < 4.78 is 0. The predicted molar refractivity (Wildman–Crippen MR) is 72.1 cm³/mol. The largest absolute Gasteiger partial charge is 0.324 e. The number of benzene rings is 2. The molecule has 2 aromatic carbocycles. The third-order valence-corrected chi connectivity index (χ3v) is 3.66. The molecule has 0 radical (unpaired) electrons. The molecule has 0 saturated heterocycles. The molecule has 0 fully saturated rings. The van der Waals surface area contributed by atoms with Crippen LogP contribution in [0.4, 0.5) is 0 Å². The highest BCUT2D eigenvalue weighted by atomic mass is 35.5. The van der Waals surface area contributed by atoms with Gasteiger partial charge in [0.15, 0.2) is 0 Å². The van der Waals surface area contributed by atoms with Crippen molar-refractivity contribution < 1.29 is 0 Å². The molecule has 1 atom stereocenters. The molecule has 1 aliphatic carbocycles. The summed E-state index contributed by atoms with van der Waals surface area (Å²) in [7, 11) is 0. The van der Waals surface area contributed by atoms with Gasteiger partial charge in [-0.1, -0.05) is 41.9 Å². The zero-order chi connectivity index (χ0) is 11.8. The van der Waals surface area contributed by atoms with E-state index in [4.69, 9.17) is 17.3 Å². The lowest BCUT2D eigenvalue weighted by Crippen LogP contribution is -2.04. The third kappa shape index (κ3) is 1.97. The molecular formula is C15H14ClN. The third-order valence-electron chi connectivity index (χ3n) is 3.43. The SMILES string of the molecule is NC1CCc2cc(-c3cccc(Cl)c3)ccc21. The quantitative estimate of drug-likeness (QED) is 0.806. The molecule has 2 heteroatoms. The highest BCUT2D eigenvalue weighted by Crippen LogP contribution is 2.33. The van der Waals surface area contributed by atoms with Crippen molar-refractivity contribution in [3.05, 3.63) is 58.6 Å². The fourth-order valence-corrected chi connectivity index (χ4v) is 2.69. The summed E-state index contributed by atoms with van der Waals surface area (Å²) in [6.45, 7) is 0. The summed E-state index contributed by atoms with van der Waals surface area (Å²) in [5.41, 5.74) is 11.1. The van der Waals surface area contributed by atoms with Gasteiger partial charge in [-0.15, -0.1) is 0 Å². The number of nitrogens with two attached hydrogens (primary N) is 1. The van der Waals surface area contributed by atoms with Gasteiger partial charge in [-0.25, -0.2) is 0 Å². The van der Waals surface area contributed by atoms with Crippen molar-refractivity contribution in [1.29, 1.82) is 0 Å². The second-order valence-electron chi connectivity index (χ2n) is 4.57. The molecule has 1 nitrogen and oxygen atoms in total. The van der Waals surface area contributed by atoms with E-state index in [0.29, 0.717) is 0 Å². The zero-order valence-electron chi connectivity index (χ0n) is 9.49. The molecule has 17 heavy (non-hydrogen) atoms. The summed E-state index contributed by atoms with van der Waals surface area (Å²) in [5, 5.41) is 0.777. The van der Waals surface area contributed by atoms with E-state index in [1.165, 1.54) is 22.3 Å². The van der Waals surface area contributed by atoms with Crippen molar-refractivity contribution in [3.63, 3.8) is 0 Å². The Morgan fingerprint density at radius 1 is 1.06 bits per heavy atom. The van der Waals surface area contributed by atoms with Gasteiger partial charge in [0.1, 0.15) is 0 Å². The Morgan fingerprint density at radius 2 is 1.88 bits per heavy atom. The fourth-order valence-electron chi connectivity index (χ4n) is 2.50. The minimum absolute atomic E-state index is 0.221. The van der Waals surface area contributed by atoms with Gasteiger partial charge >= 0.3 is 0 Å². The summed E-state index contributed by atoms with van der Waals surface area (Å²) in [4.78, 5) is 0. The molecule has 0 saturated carbocycles. The molecule has 0 bridgehead atoms. The van der Waals surface area contributed by atoms with Crippen LogP contribution in [-0.4, -0.2) is 0 Å². The van der Waals surface area contributed by atoms with Gasteiger partial charge in [-0.2, -0.15) is 0 Å². The van der Waals surface area contributed by atoms with Crippen LogP contribution in [-0.2, 0) is 6.42 Å². The fraction of sp³-hybridized carbons (Fsp3) is 0.200. The van der Waals surface area contributed by atoms with Crippen molar-refractivity contribution in [2.45, 2.75) is 18.9 Å². The Kier molecular flexibility index (Phi) is 2.65. The number of hydrogen-bond donors (Lipinski definition) is 1. The number of aryl methyl sites for hydroxylation is 1. The Hall–Kier alpha value is -1.31. The van der Waals surface area contributed by atoms with E-state index < -0.39 is 0 Å². The monoisotopic (exact) mass is 243 g/mol. The maximum atomic E-state index is 6.04. The van der Waals surface area contributed by atoms with Gasteiger partial charge in [-0.05, 0) is 47.2 Å². The second kappa shape index (κ2) is 4.17. The number of fused-ring (bicyclic) bond motifs is 1. The van der Waals surface area contributed by atoms with Crippen LogP contribution in [0.3, 0.4) is 0 Å². The molecule has 3 rings (SSSR count). The van der Waals surface area contributed by atoms with Crippen LogP contribution in [0, 0.1) is 0 Å². The van der Waals surface area contributed by atoms with E-state index in [0.717, 1.165) is 17.9 Å². The summed E-state index contributed by atoms with van der Waals surface area (Å²) in [6.07, 6.45) is 2.15. The van der Waals surface area contributed by atoms with Crippen LogP contribution < -0.4 is 5.73 Å². The molecule has 86 valence electrons. The van der Waals surface area contributed by atoms with Crippen LogP contribution in [0.5, 0.6) is 0 Å². The Bertz CT molecular complexity index is 563. The van der Waals surface area contributed by atoms with Crippen LogP contribution in [0.1, 0.15) is 23.6 Å².